The normalized spacial score (nSPS) is 59.6. The van der Waals surface area contributed by atoms with Crippen molar-refractivity contribution in [3.63, 3.8) is 0 Å². The second-order valence-corrected chi connectivity index (χ2v) is 18.3. The standard InChI is InChI=1S/C35H56O9.CH4O/c1-17-14-19-26(30(4,5)40)44-35(43-19)25(17)31(6)12-13-34-16-33(34)11-10-22(42-27-24(38)23(37)18(36)15-41-27)29(2,3)20(33)8-9-21(34)32(31,7)28(35)39;1-2/h17-28,36-40H,8-16H2,1-7H3;2H,1H3/t17-,18-,19-,20+,21+,22+,23+,24-,25-,26+,27+,28-,31-,32-,33-,34+,35+;/m0./s1. The van der Waals surface area contributed by atoms with Crippen LogP contribution in [-0.4, -0.2) is 105 Å². The predicted molar refractivity (Wildman–Crippen MR) is 167 cm³/mol. The van der Waals surface area contributed by atoms with Crippen molar-refractivity contribution in [2.45, 2.75) is 160 Å². The Morgan fingerprint density at radius 2 is 1.48 bits per heavy atom. The summed E-state index contributed by atoms with van der Waals surface area (Å²) in [5, 5.41) is 61.5. The largest absolute Gasteiger partial charge is 0.400 e. The van der Waals surface area contributed by atoms with Gasteiger partial charge >= 0.3 is 0 Å². The van der Waals surface area contributed by atoms with Crippen LogP contribution in [-0.2, 0) is 18.9 Å². The van der Waals surface area contributed by atoms with Crippen molar-refractivity contribution in [2.24, 2.45) is 50.7 Å². The average Bonchev–Trinajstić information content (AvgIpc) is 3.51. The molecule has 46 heavy (non-hydrogen) atoms. The molecule has 2 bridgehead atoms. The summed E-state index contributed by atoms with van der Waals surface area (Å²) < 4.78 is 25.8. The van der Waals surface area contributed by atoms with E-state index in [1.54, 1.807) is 13.8 Å². The average molecular weight is 653 g/mol. The lowest BCUT2D eigenvalue weighted by Crippen LogP contribution is -2.61. The number of hydrogen-bond donors (Lipinski definition) is 6. The van der Waals surface area contributed by atoms with Crippen LogP contribution in [0.15, 0.2) is 0 Å². The lowest BCUT2D eigenvalue weighted by Gasteiger charge is -2.63. The highest BCUT2D eigenvalue weighted by molar-refractivity contribution is 5.34. The van der Waals surface area contributed by atoms with E-state index in [4.69, 9.17) is 24.1 Å². The molecule has 3 heterocycles. The van der Waals surface area contributed by atoms with Gasteiger partial charge in [0.25, 0.3) is 0 Å². The van der Waals surface area contributed by atoms with E-state index < -0.39 is 48.2 Å². The number of hydrogen-bond acceptors (Lipinski definition) is 10. The molecule has 0 aromatic carbocycles. The molecular formula is C36H60O10. The van der Waals surface area contributed by atoms with Crippen LogP contribution in [0.4, 0.5) is 0 Å². The maximum absolute atomic E-state index is 12.7. The van der Waals surface area contributed by atoms with E-state index >= 15 is 0 Å². The number of ether oxygens (including phenoxy) is 4. The Balaban J connectivity index is 0.00000166. The molecule has 5 saturated carbocycles. The molecule has 10 heteroatoms. The molecular weight excluding hydrogens is 592 g/mol. The van der Waals surface area contributed by atoms with E-state index in [2.05, 4.69) is 34.6 Å². The molecule has 3 aliphatic heterocycles. The fourth-order valence-electron chi connectivity index (χ4n) is 14.0. The molecule has 8 rings (SSSR count). The molecule has 8 fully saturated rings. The number of fused-ring (bicyclic) bond motifs is 4. The molecule has 3 spiro atoms. The van der Waals surface area contributed by atoms with Crippen LogP contribution in [0.25, 0.3) is 0 Å². The number of aliphatic hydroxyl groups excluding tert-OH is 5. The summed E-state index contributed by atoms with van der Waals surface area (Å²) in [4.78, 5) is 0. The van der Waals surface area contributed by atoms with Crippen LogP contribution in [0.5, 0.6) is 0 Å². The molecule has 3 saturated heterocycles. The first-order valence-electron chi connectivity index (χ1n) is 17.9. The van der Waals surface area contributed by atoms with Gasteiger partial charge in [0, 0.05) is 18.4 Å². The summed E-state index contributed by atoms with van der Waals surface area (Å²) in [5.41, 5.74) is -1.39. The van der Waals surface area contributed by atoms with Crippen molar-refractivity contribution in [1.29, 1.82) is 0 Å². The third-order valence-corrected chi connectivity index (χ3v) is 15.9. The highest BCUT2D eigenvalue weighted by atomic mass is 16.8. The van der Waals surface area contributed by atoms with Gasteiger partial charge < -0.3 is 49.6 Å². The molecule has 0 amide bonds. The molecule has 6 N–H and O–H groups in total. The molecule has 17 atom stereocenters. The number of rotatable bonds is 3. The van der Waals surface area contributed by atoms with Gasteiger partial charge in [-0.25, -0.2) is 0 Å². The SMILES string of the molecule is CO.C[C@H]1C[C@@H]2O[C@]3(O[C@H]2C(C)(C)O)[C@@H](O)[C@]2(C)[C@H]4CC[C@@H]5C(C)(C)[C@H](O[C@H]6OC[C@H](O)[C@@H](O)[C@@H]6O)CC[C@]56C[C@]46CC[C@@]2(C)[C@H]13. The molecule has 0 aromatic rings. The lowest BCUT2D eigenvalue weighted by atomic mass is 9.41. The Bertz CT molecular complexity index is 1210. The molecule has 0 unspecified atom stereocenters. The minimum Gasteiger partial charge on any atom is -0.400 e. The van der Waals surface area contributed by atoms with E-state index in [1.165, 1.54) is 6.42 Å². The van der Waals surface area contributed by atoms with E-state index in [1.807, 2.05) is 0 Å². The lowest BCUT2D eigenvalue weighted by molar-refractivity contribution is -0.303. The van der Waals surface area contributed by atoms with Crippen LogP contribution >= 0.6 is 0 Å². The second-order valence-electron chi connectivity index (χ2n) is 18.3. The van der Waals surface area contributed by atoms with Crippen LogP contribution in [0.2, 0.25) is 0 Å². The Morgan fingerprint density at radius 3 is 2.15 bits per heavy atom. The highest BCUT2D eigenvalue weighted by Crippen LogP contribution is 2.90. The quantitative estimate of drug-likeness (QED) is 0.251. The zero-order valence-electron chi connectivity index (χ0n) is 29.1. The fraction of sp³-hybridized carbons (Fsp3) is 1.00. The Labute approximate surface area is 274 Å². The summed E-state index contributed by atoms with van der Waals surface area (Å²) in [6, 6.07) is 0. The second kappa shape index (κ2) is 10.3. The maximum atomic E-state index is 12.7. The molecule has 0 radical (unpaired) electrons. The first kappa shape index (κ1) is 34.1. The smallest absolute Gasteiger partial charge is 0.199 e. The summed E-state index contributed by atoms with van der Waals surface area (Å²) in [6.07, 6.45) is 2.00. The summed E-state index contributed by atoms with van der Waals surface area (Å²) >= 11 is 0. The monoisotopic (exact) mass is 652 g/mol. The highest BCUT2D eigenvalue weighted by Gasteiger charge is 2.88. The third-order valence-electron chi connectivity index (χ3n) is 15.9. The van der Waals surface area contributed by atoms with Crippen molar-refractivity contribution in [2.75, 3.05) is 13.7 Å². The molecule has 8 aliphatic rings. The summed E-state index contributed by atoms with van der Waals surface area (Å²) in [5.74, 6) is 0.108. The topological polar surface area (TPSA) is 158 Å². The van der Waals surface area contributed by atoms with Gasteiger partial charge in [0.15, 0.2) is 12.1 Å². The minimum atomic E-state index is -1.28. The summed E-state index contributed by atoms with van der Waals surface area (Å²) in [6.45, 7) is 15.2. The zero-order valence-corrected chi connectivity index (χ0v) is 29.1. The van der Waals surface area contributed by atoms with Gasteiger partial charge in [0.1, 0.15) is 30.5 Å². The maximum Gasteiger partial charge on any atom is 0.199 e. The van der Waals surface area contributed by atoms with Crippen LogP contribution in [0.3, 0.4) is 0 Å². The molecule has 5 aliphatic carbocycles. The predicted octanol–water partition coefficient (Wildman–Crippen LogP) is 2.73. The third kappa shape index (κ3) is 3.89. The van der Waals surface area contributed by atoms with Gasteiger partial charge in [0.05, 0.1) is 24.4 Å². The fourth-order valence-corrected chi connectivity index (χ4v) is 14.0. The Morgan fingerprint density at radius 1 is 0.826 bits per heavy atom. The Hall–Kier alpha value is -0.400. The van der Waals surface area contributed by atoms with Crippen molar-refractivity contribution >= 4 is 0 Å². The van der Waals surface area contributed by atoms with Crippen molar-refractivity contribution < 1.29 is 49.6 Å². The first-order chi connectivity index (χ1) is 21.4. The zero-order chi connectivity index (χ0) is 33.6. The van der Waals surface area contributed by atoms with Crippen LogP contribution < -0.4 is 0 Å². The van der Waals surface area contributed by atoms with Gasteiger partial charge in [0.2, 0.25) is 0 Å². The first-order valence-corrected chi connectivity index (χ1v) is 17.9. The van der Waals surface area contributed by atoms with Crippen molar-refractivity contribution in [3.05, 3.63) is 0 Å². The van der Waals surface area contributed by atoms with E-state index in [-0.39, 0.29) is 51.8 Å². The van der Waals surface area contributed by atoms with Crippen molar-refractivity contribution in [3.8, 4) is 0 Å². The van der Waals surface area contributed by atoms with Gasteiger partial charge in [-0.2, -0.15) is 0 Å². The van der Waals surface area contributed by atoms with E-state index in [0.29, 0.717) is 17.8 Å². The van der Waals surface area contributed by atoms with Gasteiger partial charge in [-0.05, 0) is 105 Å². The molecule has 10 nitrogen and oxygen atoms in total. The van der Waals surface area contributed by atoms with Gasteiger partial charge in [-0.1, -0.05) is 34.6 Å². The van der Waals surface area contributed by atoms with Gasteiger partial charge in [-0.3, -0.25) is 0 Å². The molecule has 264 valence electrons. The number of aliphatic hydroxyl groups is 6. The molecule has 0 aromatic heterocycles. The van der Waals surface area contributed by atoms with Crippen LogP contribution in [0, 0.1) is 50.7 Å². The van der Waals surface area contributed by atoms with E-state index in [0.717, 1.165) is 52.1 Å². The summed E-state index contributed by atoms with van der Waals surface area (Å²) in [7, 11) is 1.00. The van der Waals surface area contributed by atoms with Gasteiger partial charge in [-0.15, -0.1) is 0 Å². The van der Waals surface area contributed by atoms with Crippen molar-refractivity contribution in [1.82, 2.24) is 0 Å². The van der Waals surface area contributed by atoms with E-state index in [9.17, 15) is 25.5 Å². The Kier molecular flexibility index (Phi) is 7.65. The van der Waals surface area contributed by atoms with Crippen LogP contribution in [0.1, 0.15) is 99.8 Å². The minimum absolute atomic E-state index is 0.0559.